The molecule has 0 aliphatic heterocycles. The number of sulfone groups is 1. The summed E-state index contributed by atoms with van der Waals surface area (Å²) in [5, 5.41) is 6.38. The Hall–Kier alpha value is -4.13. The maximum absolute atomic E-state index is 13.3. The summed E-state index contributed by atoms with van der Waals surface area (Å²) in [6.45, 7) is -3.07. The van der Waals surface area contributed by atoms with Gasteiger partial charge in [0.25, 0.3) is 5.91 Å². The van der Waals surface area contributed by atoms with E-state index in [2.05, 4.69) is 20.6 Å². The highest BCUT2D eigenvalue weighted by molar-refractivity contribution is 7.91. The van der Waals surface area contributed by atoms with Crippen LogP contribution in [0.25, 0.3) is 0 Å². The van der Waals surface area contributed by atoms with Gasteiger partial charge in [-0.3, -0.25) is 4.79 Å². The number of hydrogen-bond donors (Lipinski definition) is 2. The number of para-hydroxylation sites is 1. The molecule has 0 aliphatic rings. The number of nitrogens with zero attached hydrogens (tertiary/aromatic N) is 1. The van der Waals surface area contributed by atoms with E-state index in [9.17, 15) is 30.8 Å². The van der Waals surface area contributed by atoms with Crippen molar-refractivity contribution in [1.82, 2.24) is 5.43 Å². The summed E-state index contributed by atoms with van der Waals surface area (Å²) in [7, 11) is -3.65. The Balaban J connectivity index is 1.86. The van der Waals surface area contributed by atoms with Crippen LogP contribution >= 0.6 is 0 Å². The summed E-state index contributed by atoms with van der Waals surface area (Å²) >= 11 is 0. The zero-order valence-corrected chi connectivity index (χ0v) is 19.3. The number of ether oxygens (including phenoxy) is 2. The highest BCUT2D eigenvalue weighted by Gasteiger charge is 2.30. The van der Waals surface area contributed by atoms with Crippen LogP contribution in [0.15, 0.2) is 76.7 Å². The van der Waals surface area contributed by atoms with E-state index in [1.165, 1.54) is 37.4 Å². The maximum atomic E-state index is 13.3. The fraction of sp³-hybridized carbons (Fsp3) is 0.130. The average molecular weight is 525 g/mol. The Bertz CT molecular complexity index is 1350. The van der Waals surface area contributed by atoms with Crippen LogP contribution in [0.4, 0.5) is 28.9 Å². The Kier molecular flexibility index (Phi) is 8.48. The van der Waals surface area contributed by atoms with Crippen LogP contribution in [0.1, 0.15) is 15.9 Å². The molecule has 0 radical (unpaired) electrons. The second kappa shape index (κ2) is 11.5. The number of benzene rings is 3. The normalized spacial score (nSPS) is 11.6. The van der Waals surface area contributed by atoms with E-state index in [1.54, 1.807) is 24.3 Å². The van der Waals surface area contributed by atoms with Crippen molar-refractivity contribution in [2.45, 2.75) is 17.3 Å². The predicted molar refractivity (Wildman–Crippen MR) is 124 cm³/mol. The van der Waals surface area contributed by atoms with Gasteiger partial charge < -0.3 is 14.8 Å². The lowest BCUT2D eigenvalue weighted by molar-refractivity contribution is -0.0499. The minimum Gasteiger partial charge on any atom is -0.497 e. The van der Waals surface area contributed by atoms with E-state index in [0.717, 1.165) is 18.3 Å². The lowest BCUT2D eigenvalue weighted by Gasteiger charge is -2.14. The molecule has 0 bridgehead atoms. The van der Waals surface area contributed by atoms with Crippen molar-refractivity contribution in [3.05, 3.63) is 77.9 Å². The van der Waals surface area contributed by atoms with Gasteiger partial charge in [0, 0.05) is 16.8 Å². The van der Waals surface area contributed by atoms with Crippen LogP contribution in [0.3, 0.4) is 0 Å². The quantitative estimate of drug-likeness (QED) is 0.224. The average Bonchev–Trinajstić information content (AvgIpc) is 2.85. The molecule has 3 aromatic carbocycles. The highest BCUT2D eigenvalue weighted by atomic mass is 32.2. The molecule has 0 aromatic heterocycles. The largest absolute Gasteiger partial charge is 0.497 e. The number of halogens is 4. The molecule has 0 aliphatic carbocycles. The zero-order chi connectivity index (χ0) is 26.3. The topological polar surface area (TPSA) is 106 Å². The Morgan fingerprint density at radius 2 is 1.69 bits per heavy atom. The van der Waals surface area contributed by atoms with E-state index in [0.29, 0.717) is 11.4 Å². The molecule has 190 valence electrons. The Morgan fingerprint density at radius 3 is 2.33 bits per heavy atom. The number of hydrazone groups is 1. The van der Waals surface area contributed by atoms with Crippen molar-refractivity contribution in [1.29, 1.82) is 0 Å². The molecule has 3 aromatic rings. The summed E-state index contributed by atoms with van der Waals surface area (Å²) in [5.41, 5.74) is 2.12. The molecule has 0 heterocycles. The predicted octanol–water partition coefficient (Wildman–Crippen LogP) is 4.80. The van der Waals surface area contributed by atoms with Gasteiger partial charge in [-0.1, -0.05) is 12.1 Å². The minimum absolute atomic E-state index is 0.123. The molecule has 0 unspecified atom stereocenters. The molecule has 0 atom stereocenters. The third-order valence-electron chi connectivity index (χ3n) is 4.66. The van der Waals surface area contributed by atoms with E-state index in [4.69, 9.17) is 4.74 Å². The molecule has 8 nitrogen and oxygen atoms in total. The van der Waals surface area contributed by atoms with Crippen LogP contribution < -0.4 is 20.2 Å². The van der Waals surface area contributed by atoms with Crippen LogP contribution in [0.5, 0.6) is 11.5 Å². The first-order chi connectivity index (χ1) is 17.1. The number of methoxy groups -OCH3 is 1. The number of alkyl halides is 4. The fourth-order valence-corrected chi connectivity index (χ4v) is 3.85. The van der Waals surface area contributed by atoms with E-state index in [1.807, 2.05) is 0 Å². The van der Waals surface area contributed by atoms with Gasteiger partial charge in [-0.15, -0.1) is 0 Å². The number of carbonyl (C=O) groups is 1. The van der Waals surface area contributed by atoms with Crippen LogP contribution in [0, 0.1) is 0 Å². The number of amides is 1. The second-order valence-corrected chi connectivity index (χ2v) is 8.87. The van der Waals surface area contributed by atoms with Gasteiger partial charge >= 0.3 is 12.4 Å². The molecule has 0 spiro atoms. The second-order valence-electron chi connectivity index (χ2n) is 6.99. The molecule has 0 fully saturated rings. The molecule has 13 heteroatoms. The maximum Gasteiger partial charge on any atom is 0.387 e. The first kappa shape index (κ1) is 26.5. The summed E-state index contributed by atoms with van der Waals surface area (Å²) in [6.07, 6.45) is 1.03. The van der Waals surface area contributed by atoms with Gasteiger partial charge in [-0.2, -0.15) is 22.7 Å². The van der Waals surface area contributed by atoms with Crippen molar-refractivity contribution < 1.29 is 40.2 Å². The highest BCUT2D eigenvalue weighted by Crippen LogP contribution is 2.30. The third kappa shape index (κ3) is 6.50. The summed E-state index contributed by atoms with van der Waals surface area (Å²) in [4.78, 5) is 11.7. The standard InChI is InChI=1S/C23H19F4N3O5S/c1-34-17-9-7-16(8-10-17)29-18-11-6-14(12-20(18)36(32,33)23(26)27)21(31)30-28-13-15-4-2-3-5-19(15)35-22(24)25/h2-13,22-23,29H,1H3,(H,30,31)/b28-13-. The van der Waals surface area contributed by atoms with E-state index < -0.39 is 33.0 Å². The molecule has 36 heavy (non-hydrogen) atoms. The monoisotopic (exact) mass is 525 g/mol. The molecule has 0 saturated heterocycles. The lowest BCUT2D eigenvalue weighted by Crippen LogP contribution is -2.20. The molecule has 2 N–H and O–H groups in total. The minimum atomic E-state index is -5.10. The number of nitrogens with one attached hydrogen (secondary N) is 2. The van der Waals surface area contributed by atoms with Crippen molar-refractivity contribution >= 4 is 33.3 Å². The van der Waals surface area contributed by atoms with Crippen molar-refractivity contribution in [3.8, 4) is 11.5 Å². The first-order valence-corrected chi connectivity index (χ1v) is 11.6. The van der Waals surface area contributed by atoms with Gasteiger partial charge in [0.2, 0.25) is 9.84 Å². The number of rotatable bonds is 10. The summed E-state index contributed by atoms with van der Waals surface area (Å²) in [5.74, 6) is -4.33. The van der Waals surface area contributed by atoms with Crippen LogP contribution in [-0.2, 0) is 9.84 Å². The Labute approximate surface area is 203 Å². The lowest BCUT2D eigenvalue weighted by atomic mass is 10.2. The van der Waals surface area contributed by atoms with Crippen molar-refractivity contribution in [2.24, 2.45) is 5.10 Å². The van der Waals surface area contributed by atoms with E-state index in [-0.39, 0.29) is 22.6 Å². The molecular formula is C23H19F4N3O5S. The van der Waals surface area contributed by atoms with Gasteiger partial charge in [-0.25, -0.2) is 13.8 Å². The Morgan fingerprint density at radius 1 is 1.00 bits per heavy atom. The molecule has 0 saturated carbocycles. The van der Waals surface area contributed by atoms with Gasteiger partial charge in [0.05, 0.1) is 23.9 Å². The number of carbonyl (C=O) groups excluding carboxylic acids is 1. The van der Waals surface area contributed by atoms with Crippen molar-refractivity contribution in [3.63, 3.8) is 0 Å². The van der Waals surface area contributed by atoms with Crippen LogP contribution in [-0.4, -0.2) is 40.0 Å². The van der Waals surface area contributed by atoms with Gasteiger partial charge in [0.1, 0.15) is 11.5 Å². The third-order valence-corrected chi connectivity index (χ3v) is 6.08. The van der Waals surface area contributed by atoms with Gasteiger partial charge in [-0.05, 0) is 54.6 Å². The first-order valence-electron chi connectivity index (χ1n) is 10.1. The molecule has 1 amide bonds. The number of hydrogen-bond acceptors (Lipinski definition) is 7. The SMILES string of the molecule is COc1ccc(Nc2ccc(C(=O)N/N=C\c3ccccc3OC(F)F)cc2S(=O)(=O)C(F)F)cc1. The number of anilines is 2. The smallest absolute Gasteiger partial charge is 0.387 e. The zero-order valence-electron chi connectivity index (χ0n) is 18.5. The fourth-order valence-electron chi connectivity index (χ4n) is 2.94. The molecule has 3 rings (SSSR count). The summed E-state index contributed by atoms with van der Waals surface area (Å²) in [6, 6.07) is 15.0. The summed E-state index contributed by atoms with van der Waals surface area (Å²) < 4.78 is 85.7. The van der Waals surface area contributed by atoms with Crippen LogP contribution in [0.2, 0.25) is 0 Å². The van der Waals surface area contributed by atoms with E-state index >= 15 is 0 Å². The molecular weight excluding hydrogens is 506 g/mol. The van der Waals surface area contributed by atoms with Crippen molar-refractivity contribution in [2.75, 3.05) is 12.4 Å². The van der Waals surface area contributed by atoms with Gasteiger partial charge in [0.15, 0.2) is 0 Å².